The first kappa shape index (κ1) is 16.0. The summed E-state index contributed by atoms with van der Waals surface area (Å²) < 4.78 is 0. The van der Waals surface area contributed by atoms with Crippen LogP contribution in [0.1, 0.15) is 39.2 Å². The molecule has 0 saturated carbocycles. The summed E-state index contributed by atoms with van der Waals surface area (Å²) in [6.07, 6.45) is 2.74. The van der Waals surface area contributed by atoms with Crippen molar-refractivity contribution < 1.29 is 4.79 Å². The Balaban J connectivity index is 1.85. The Morgan fingerprint density at radius 2 is 2.00 bits per heavy atom. The van der Waals surface area contributed by atoms with Crippen LogP contribution in [0.15, 0.2) is 30.3 Å². The molecule has 3 heteroatoms. The second kappa shape index (κ2) is 7.60. The largest absolute Gasteiger partial charge is 0.353 e. The first-order chi connectivity index (χ1) is 10.1. The van der Waals surface area contributed by atoms with Crippen molar-refractivity contribution in [3.63, 3.8) is 0 Å². The number of benzene rings is 1. The minimum Gasteiger partial charge on any atom is -0.353 e. The van der Waals surface area contributed by atoms with Crippen molar-refractivity contribution in [3.05, 3.63) is 35.9 Å². The van der Waals surface area contributed by atoms with Crippen LogP contribution >= 0.6 is 0 Å². The molecule has 0 aromatic heterocycles. The Morgan fingerprint density at radius 3 is 2.67 bits per heavy atom. The van der Waals surface area contributed by atoms with Gasteiger partial charge in [0.1, 0.15) is 0 Å². The number of piperidine rings is 1. The average Bonchev–Trinajstić information content (AvgIpc) is 2.50. The lowest BCUT2D eigenvalue weighted by molar-refractivity contribution is -0.122. The normalized spacial score (nSPS) is 26.5. The zero-order valence-corrected chi connectivity index (χ0v) is 13.5. The van der Waals surface area contributed by atoms with Crippen molar-refractivity contribution in [1.82, 2.24) is 10.2 Å². The maximum Gasteiger partial charge on any atom is 0.219 e. The summed E-state index contributed by atoms with van der Waals surface area (Å²) in [6, 6.07) is 11.5. The predicted octanol–water partition coefficient (Wildman–Crippen LogP) is 2.85. The van der Waals surface area contributed by atoms with Crippen LogP contribution in [0.3, 0.4) is 0 Å². The van der Waals surface area contributed by atoms with E-state index in [2.05, 4.69) is 54.4 Å². The summed E-state index contributed by atoms with van der Waals surface area (Å²) in [5.74, 6) is 0.698. The third kappa shape index (κ3) is 4.57. The smallest absolute Gasteiger partial charge is 0.219 e. The summed E-state index contributed by atoms with van der Waals surface area (Å²) in [5, 5.41) is 3.18. The van der Waals surface area contributed by atoms with Gasteiger partial charge in [-0.05, 0) is 31.2 Å². The van der Waals surface area contributed by atoms with Gasteiger partial charge in [0.2, 0.25) is 5.91 Å². The van der Waals surface area contributed by atoms with Gasteiger partial charge in [0.25, 0.3) is 0 Å². The quantitative estimate of drug-likeness (QED) is 0.903. The number of nitrogens with zero attached hydrogens (tertiary/aromatic N) is 1. The summed E-state index contributed by atoms with van der Waals surface area (Å²) >= 11 is 0. The van der Waals surface area contributed by atoms with E-state index in [9.17, 15) is 4.79 Å². The topological polar surface area (TPSA) is 32.3 Å². The Bertz CT molecular complexity index is 446. The summed E-state index contributed by atoms with van der Waals surface area (Å²) in [4.78, 5) is 14.2. The number of carbonyl (C=O) groups is 1. The number of hydrogen-bond acceptors (Lipinski definition) is 2. The second-order valence-electron chi connectivity index (χ2n) is 6.32. The van der Waals surface area contributed by atoms with Gasteiger partial charge >= 0.3 is 0 Å². The van der Waals surface area contributed by atoms with Gasteiger partial charge in [-0.2, -0.15) is 0 Å². The molecule has 1 aliphatic rings. The zero-order chi connectivity index (χ0) is 15.2. The lowest BCUT2D eigenvalue weighted by atomic mass is 9.89. The molecule has 0 bridgehead atoms. The van der Waals surface area contributed by atoms with E-state index in [0.29, 0.717) is 24.4 Å². The van der Waals surface area contributed by atoms with Crippen LogP contribution in [0, 0.1) is 5.92 Å². The van der Waals surface area contributed by atoms with Crippen molar-refractivity contribution in [2.75, 3.05) is 13.1 Å². The molecule has 1 fully saturated rings. The van der Waals surface area contributed by atoms with E-state index in [0.717, 1.165) is 25.9 Å². The van der Waals surface area contributed by atoms with E-state index in [1.165, 1.54) is 5.56 Å². The molecule has 1 heterocycles. The first-order valence-electron chi connectivity index (χ1n) is 8.17. The van der Waals surface area contributed by atoms with Crippen LogP contribution < -0.4 is 5.32 Å². The number of likely N-dealkylation sites (tertiary alicyclic amines) is 1. The number of amides is 1. The highest BCUT2D eigenvalue weighted by atomic mass is 16.1. The van der Waals surface area contributed by atoms with E-state index in [1.807, 2.05) is 6.92 Å². The molecule has 1 amide bonds. The van der Waals surface area contributed by atoms with Crippen molar-refractivity contribution in [2.45, 2.75) is 52.1 Å². The van der Waals surface area contributed by atoms with Crippen molar-refractivity contribution in [3.8, 4) is 0 Å². The van der Waals surface area contributed by atoms with E-state index >= 15 is 0 Å². The molecule has 3 atom stereocenters. The minimum absolute atomic E-state index is 0.178. The van der Waals surface area contributed by atoms with Crippen molar-refractivity contribution >= 4 is 5.91 Å². The SMILES string of the molecule is CCC(=O)N[C@H]1CC(C)N(CCc2ccccc2)CC1C. The fourth-order valence-corrected chi connectivity index (χ4v) is 3.17. The van der Waals surface area contributed by atoms with E-state index in [1.54, 1.807) is 0 Å². The predicted molar refractivity (Wildman–Crippen MR) is 87.2 cm³/mol. The highest BCUT2D eigenvalue weighted by Gasteiger charge is 2.31. The molecule has 1 aromatic rings. The van der Waals surface area contributed by atoms with Gasteiger partial charge in [-0.15, -0.1) is 0 Å². The van der Waals surface area contributed by atoms with Crippen LogP contribution in [0.2, 0.25) is 0 Å². The molecule has 21 heavy (non-hydrogen) atoms. The minimum atomic E-state index is 0.178. The van der Waals surface area contributed by atoms with Gasteiger partial charge in [0, 0.05) is 31.6 Å². The van der Waals surface area contributed by atoms with Gasteiger partial charge in [-0.3, -0.25) is 9.69 Å². The summed E-state index contributed by atoms with van der Waals surface area (Å²) in [7, 11) is 0. The van der Waals surface area contributed by atoms with Crippen LogP contribution in [0.4, 0.5) is 0 Å². The molecule has 2 unspecified atom stereocenters. The monoisotopic (exact) mass is 288 g/mol. The number of carbonyl (C=O) groups excluding carboxylic acids is 1. The highest BCUT2D eigenvalue weighted by molar-refractivity contribution is 5.75. The Kier molecular flexibility index (Phi) is 5.80. The maximum absolute atomic E-state index is 11.6. The maximum atomic E-state index is 11.6. The molecular formula is C18H28N2O. The first-order valence-corrected chi connectivity index (χ1v) is 8.17. The molecule has 1 aromatic carbocycles. The lowest BCUT2D eigenvalue weighted by Gasteiger charge is -2.42. The Hall–Kier alpha value is -1.35. The highest BCUT2D eigenvalue weighted by Crippen LogP contribution is 2.22. The Morgan fingerprint density at radius 1 is 1.29 bits per heavy atom. The fourth-order valence-electron chi connectivity index (χ4n) is 3.17. The van der Waals surface area contributed by atoms with E-state index in [4.69, 9.17) is 0 Å². The van der Waals surface area contributed by atoms with Crippen molar-refractivity contribution in [1.29, 1.82) is 0 Å². The standard InChI is InChI=1S/C18H28N2O/c1-4-18(21)19-17-12-15(3)20(13-14(17)2)11-10-16-8-6-5-7-9-16/h5-9,14-15,17H,4,10-13H2,1-3H3,(H,19,21)/t14?,15?,17-/m0/s1. The van der Waals surface area contributed by atoms with Crippen LogP contribution in [0.5, 0.6) is 0 Å². The second-order valence-corrected chi connectivity index (χ2v) is 6.32. The fraction of sp³-hybridized carbons (Fsp3) is 0.611. The molecule has 0 aliphatic carbocycles. The van der Waals surface area contributed by atoms with Gasteiger partial charge in [0.05, 0.1) is 0 Å². The molecule has 1 saturated heterocycles. The molecule has 2 rings (SSSR count). The summed E-state index contributed by atoms with van der Waals surface area (Å²) in [5.41, 5.74) is 1.40. The van der Waals surface area contributed by atoms with E-state index < -0.39 is 0 Å². The van der Waals surface area contributed by atoms with Crippen LogP contribution in [-0.4, -0.2) is 36.0 Å². The molecule has 116 valence electrons. The number of hydrogen-bond donors (Lipinski definition) is 1. The number of rotatable bonds is 5. The van der Waals surface area contributed by atoms with Crippen LogP contribution in [-0.2, 0) is 11.2 Å². The Labute approximate surface area is 128 Å². The molecule has 0 spiro atoms. The van der Waals surface area contributed by atoms with Crippen LogP contribution in [0.25, 0.3) is 0 Å². The number of nitrogens with one attached hydrogen (secondary N) is 1. The third-order valence-electron chi connectivity index (χ3n) is 4.63. The van der Waals surface area contributed by atoms with Gasteiger partial charge < -0.3 is 5.32 Å². The van der Waals surface area contributed by atoms with Crippen molar-refractivity contribution in [2.24, 2.45) is 5.92 Å². The van der Waals surface area contributed by atoms with Gasteiger partial charge in [0.15, 0.2) is 0 Å². The summed E-state index contributed by atoms with van der Waals surface area (Å²) in [6.45, 7) is 8.62. The molecule has 1 N–H and O–H groups in total. The average molecular weight is 288 g/mol. The molecule has 3 nitrogen and oxygen atoms in total. The van der Waals surface area contributed by atoms with Gasteiger partial charge in [-0.25, -0.2) is 0 Å². The molecular weight excluding hydrogens is 260 g/mol. The van der Waals surface area contributed by atoms with E-state index in [-0.39, 0.29) is 5.91 Å². The van der Waals surface area contributed by atoms with Gasteiger partial charge in [-0.1, -0.05) is 44.2 Å². The lowest BCUT2D eigenvalue weighted by Crippen LogP contribution is -2.53. The molecule has 0 radical (unpaired) electrons. The molecule has 1 aliphatic heterocycles. The third-order valence-corrected chi connectivity index (χ3v) is 4.63. The zero-order valence-electron chi connectivity index (χ0n) is 13.5.